The van der Waals surface area contributed by atoms with Crippen LogP contribution in [0.25, 0.3) is 16.6 Å². The molecule has 2 aromatic carbocycles. The van der Waals surface area contributed by atoms with Gasteiger partial charge in [0.1, 0.15) is 5.75 Å². The molecule has 0 saturated heterocycles. The highest BCUT2D eigenvalue weighted by Gasteiger charge is 2.31. The number of ether oxygens (including phenoxy) is 1. The molecule has 0 bridgehead atoms. The van der Waals surface area contributed by atoms with E-state index in [9.17, 15) is 23.1 Å². The topological polar surface area (TPSA) is 51.5 Å². The summed E-state index contributed by atoms with van der Waals surface area (Å²) in [7, 11) is 0. The van der Waals surface area contributed by atoms with Crippen molar-refractivity contribution in [2.45, 2.75) is 20.0 Å². The lowest BCUT2D eigenvalue weighted by molar-refractivity contribution is -0.137. The second kappa shape index (κ2) is 6.40. The third kappa shape index (κ3) is 3.00. The molecule has 1 heterocycles. The number of aromatic nitrogens is 1. The first kappa shape index (κ1) is 17.8. The zero-order valence-electron chi connectivity index (χ0n) is 14.1. The predicted octanol–water partition coefficient (Wildman–Crippen LogP) is 4.84. The largest absolute Gasteiger partial charge is 0.508 e. The van der Waals surface area contributed by atoms with Gasteiger partial charge in [-0.1, -0.05) is 6.07 Å². The van der Waals surface area contributed by atoms with Gasteiger partial charge in [-0.2, -0.15) is 13.2 Å². The molecule has 136 valence electrons. The number of rotatable bonds is 3. The summed E-state index contributed by atoms with van der Waals surface area (Å²) in [5.41, 5.74) is 0.637. The molecule has 0 radical (unpaired) electrons. The Morgan fingerprint density at radius 1 is 1.19 bits per heavy atom. The van der Waals surface area contributed by atoms with Crippen LogP contribution in [0.5, 0.6) is 5.75 Å². The maximum absolute atomic E-state index is 13.1. The molecule has 3 rings (SSSR count). The molecule has 1 N–H and O–H groups in total. The van der Waals surface area contributed by atoms with Gasteiger partial charge in [0.15, 0.2) is 0 Å². The molecule has 0 amide bonds. The molecule has 0 atom stereocenters. The van der Waals surface area contributed by atoms with Crippen molar-refractivity contribution >= 4 is 16.9 Å². The Hall–Kier alpha value is -2.96. The first-order chi connectivity index (χ1) is 12.2. The van der Waals surface area contributed by atoms with E-state index < -0.39 is 17.7 Å². The van der Waals surface area contributed by atoms with Crippen LogP contribution >= 0.6 is 0 Å². The van der Waals surface area contributed by atoms with Crippen LogP contribution in [0.15, 0.2) is 42.5 Å². The number of phenolic OH excluding ortho intramolecular Hbond substituents is 1. The Bertz CT molecular complexity index is 990. The van der Waals surface area contributed by atoms with Gasteiger partial charge in [0.2, 0.25) is 0 Å². The standard InChI is InChI=1S/C19H16F3NO3/c1-3-26-18(25)17-11(2)23(16-8-7-14(24)10-15(16)17)13-6-4-5-12(9-13)19(20,21)22/h4-10,24H,3H2,1-2H3. The van der Waals surface area contributed by atoms with E-state index in [0.717, 1.165) is 12.1 Å². The van der Waals surface area contributed by atoms with E-state index >= 15 is 0 Å². The second-order valence-electron chi connectivity index (χ2n) is 5.77. The number of aromatic hydroxyl groups is 1. The van der Waals surface area contributed by atoms with E-state index in [2.05, 4.69) is 0 Å². The Labute approximate surface area is 147 Å². The molecule has 4 nitrogen and oxygen atoms in total. The van der Waals surface area contributed by atoms with Crippen LogP contribution in [0.3, 0.4) is 0 Å². The number of halogens is 3. The van der Waals surface area contributed by atoms with Crippen molar-refractivity contribution in [3.05, 3.63) is 59.3 Å². The predicted molar refractivity (Wildman–Crippen MR) is 90.6 cm³/mol. The molecule has 3 aromatic rings. The number of benzene rings is 2. The van der Waals surface area contributed by atoms with Gasteiger partial charge in [-0.05, 0) is 50.2 Å². The summed E-state index contributed by atoms with van der Waals surface area (Å²) in [6, 6.07) is 9.23. The van der Waals surface area contributed by atoms with Gasteiger partial charge >= 0.3 is 12.1 Å². The molecule has 0 aliphatic rings. The molecular formula is C19H16F3NO3. The van der Waals surface area contributed by atoms with E-state index in [0.29, 0.717) is 16.6 Å². The van der Waals surface area contributed by atoms with E-state index in [1.165, 1.54) is 24.3 Å². The fraction of sp³-hybridized carbons (Fsp3) is 0.211. The van der Waals surface area contributed by atoms with Crippen molar-refractivity contribution in [1.82, 2.24) is 4.57 Å². The normalized spacial score (nSPS) is 11.7. The van der Waals surface area contributed by atoms with Gasteiger partial charge < -0.3 is 14.4 Å². The molecule has 0 aliphatic heterocycles. The van der Waals surface area contributed by atoms with E-state index in [1.807, 2.05) is 0 Å². The zero-order chi connectivity index (χ0) is 19.1. The highest BCUT2D eigenvalue weighted by atomic mass is 19.4. The number of carbonyl (C=O) groups excluding carboxylic acids is 1. The van der Waals surface area contributed by atoms with Gasteiger partial charge in [-0.25, -0.2) is 4.79 Å². The molecule has 26 heavy (non-hydrogen) atoms. The molecule has 0 saturated carbocycles. The van der Waals surface area contributed by atoms with Gasteiger partial charge in [0.25, 0.3) is 0 Å². The van der Waals surface area contributed by atoms with Crippen molar-refractivity contribution in [3.8, 4) is 11.4 Å². The first-order valence-electron chi connectivity index (χ1n) is 7.92. The Kier molecular flexibility index (Phi) is 4.39. The van der Waals surface area contributed by atoms with Gasteiger partial charge in [-0.3, -0.25) is 0 Å². The van der Waals surface area contributed by atoms with Gasteiger partial charge in [-0.15, -0.1) is 0 Å². The van der Waals surface area contributed by atoms with Gasteiger partial charge in [0, 0.05) is 16.8 Å². The number of carbonyl (C=O) groups is 1. The fourth-order valence-corrected chi connectivity index (χ4v) is 3.02. The summed E-state index contributed by atoms with van der Waals surface area (Å²) in [6.07, 6.45) is -4.48. The number of hydrogen-bond donors (Lipinski definition) is 1. The molecule has 0 aliphatic carbocycles. The Balaban J connectivity index is 2.31. The van der Waals surface area contributed by atoms with Crippen LogP contribution in [0.4, 0.5) is 13.2 Å². The Morgan fingerprint density at radius 2 is 1.92 bits per heavy atom. The summed E-state index contributed by atoms with van der Waals surface area (Å²) in [5.74, 6) is -0.643. The minimum atomic E-state index is -4.48. The highest BCUT2D eigenvalue weighted by molar-refractivity contribution is 6.07. The van der Waals surface area contributed by atoms with Crippen molar-refractivity contribution in [3.63, 3.8) is 0 Å². The lowest BCUT2D eigenvalue weighted by Gasteiger charge is -2.12. The summed E-state index contributed by atoms with van der Waals surface area (Å²) in [4.78, 5) is 12.4. The molecule has 0 fully saturated rings. The third-order valence-electron chi connectivity index (χ3n) is 4.10. The molecular weight excluding hydrogens is 347 g/mol. The summed E-state index contributed by atoms with van der Waals surface area (Å²) < 4.78 is 45.8. The maximum Gasteiger partial charge on any atom is 0.416 e. The van der Waals surface area contributed by atoms with Gasteiger partial charge in [0.05, 0.1) is 23.3 Å². The van der Waals surface area contributed by atoms with E-state index in [1.54, 1.807) is 24.5 Å². The van der Waals surface area contributed by atoms with Crippen molar-refractivity contribution in [2.75, 3.05) is 6.61 Å². The van der Waals surface area contributed by atoms with E-state index in [4.69, 9.17) is 4.74 Å². The van der Waals surface area contributed by atoms with Crippen LogP contribution < -0.4 is 0 Å². The summed E-state index contributed by atoms with van der Waals surface area (Å²) in [6.45, 7) is 3.45. The summed E-state index contributed by atoms with van der Waals surface area (Å²) >= 11 is 0. The van der Waals surface area contributed by atoms with Crippen molar-refractivity contribution < 1.29 is 27.8 Å². The fourth-order valence-electron chi connectivity index (χ4n) is 3.02. The van der Waals surface area contributed by atoms with Crippen LogP contribution in [0.1, 0.15) is 28.5 Å². The molecule has 7 heteroatoms. The third-order valence-corrected chi connectivity index (χ3v) is 4.10. The number of alkyl halides is 3. The SMILES string of the molecule is CCOC(=O)c1c(C)n(-c2cccc(C(F)(F)F)c2)c2ccc(O)cc12. The average molecular weight is 363 g/mol. The lowest BCUT2D eigenvalue weighted by atomic mass is 10.1. The first-order valence-corrected chi connectivity index (χ1v) is 7.92. The average Bonchev–Trinajstić information content (AvgIpc) is 2.85. The summed E-state index contributed by atoms with van der Waals surface area (Å²) in [5, 5.41) is 10.2. The van der Waals surface area contributed by atoms with Crippen LogP contribution in [0, 0.1) is 6.92 Å². The zero-order valence-corrected chi connectivity index (χ0v) is 14.1. The minimum Gasteiger partial charge on any atom is -0.508 e. The highest BCUT2D eigenvalue weighted by Crippen LogP contribution is 2.35. The number of esters is 1. The number of nitrogens with zero attached hydrogens (tertiary/aromatic N) is 1. The maximum atomic E-state index is 13.1. The number of hydrogen-bond acceptors (Lipinski definition) is 3. The molecule has 0 unspecified atom stereocenters. The van der Waals surface area contributed by atoms with Crippen molar-refractivity contribution in [2.24, 2.45) is 0 Å². The Morgan fingerprint density at radius 3 is 2.58 bits per heavy atom. The second-order valence-corrected chi connectivity index (χ2v) is 5.77. The molecule has 0 spiro atoms. The quantitative estimate of drug-likeness (QED) is 0.678. The van der Waals surface area contributed by atoms with Crippen LogP contribution in [0.2, 0.25) is 0 Å². The smallest absolute Gasteiger partial charge is 0.416 e. The number of phenols is 1. The minimum absolute atomic E-state index is 0.0516. The van der Waals surface area contributed by atoms with Crippen LogP contribution in [-0.2, 0) is 10.9 Å². The van der Waals surface area contributed by atoms with Crippen LogP contribution in [-0.4, -0.2) is 22.2 Å². The lowest BCUT2D eigenvalue weighted by Crippen LogP contribution is -2.08. The monoisotopic (exact) mass is 363 g/mol. The molecule has 1 aromatic heterocycles. The number of fused-ring (bicyclic) bond motifs is 1. The van der Waals surface area contributed by atoms with E-state index in [-0.39, 0.29) is 23.6 Å². The van der Waals surface area contributed by atoms with Crippen molar-refractivity contribution in [1.29, 1.82) is 0 Å².